The number of nitrogens with two attached hydrogens (primary N) is 1. The molecule has 72 valence electrons. The molecule has 2 N–H and O–H groups in total. The molecule has 0 aromatic carbocycles. The van der Waals surface area contributed by atoms with Crippen LogP contribution < -0.4 is 10.5 Å². The van der Waals surface area contributed by atoms with Crippen molar-refractivity contribution in [3.8, 4) is 5.75 Å². The van der Waals surface area contributed by atoms with E-state index in [9.17, 15) is 0 Å². The number of pyridine rings is 1. The van der Waals surface area contributed by atoms with Crippen LogP contribution in [0.2, 0.25) is 0 Å². The lowest BCUT2D eigenvalue weighted by molar-refractivity contribution is 0.308. The second-order valence-electron chi connectivity index (χ2n) is 2.70. The maximum atomic E-state index is 5.48. The molecule has 0 aliphatic heterocycles. The lowest BCUT2D eigenvalue weighted by atomic mass is 10.4. The van der Waals surface area contributed by atoms with Gasteiger partial charge in [-0.05, 0) is 29.7 Å². The third kappa shape index (κ3) is 2.20. The highest BCUT2D eigenvalue weighted by atomic mass is 32.1. The van der Waals surface area contributed by atoms with Gasteiger partial charge in [-0.3, -0.25) is 4.98 Å². The fraction of sp³-hybridized carbons (Fsp3) is 0.111. The monoisotopic (exact) mass is 207 g/mol. The van der Waals surface area contributed by atoms with Gasteiger partial charge in [0, 0.05) is 6.20 Å². The van der Waals surface area contributed by atoms with Gasteiger partial charge in [-0.1, -0.05) is 0 Å². The first-order valence-electron chi connectivity index (χ1n) is 4.08. The summed E-state index contributed by atoms with van der Waals surface area (Å²) in [5.41, 5.74) is 5.48. The molecule has 2 aromatic heterocycles. The number of aromatic nitrogens is 2. The second kappa shape index (κ2) is 4.06. The first kappa shape index (κ1) is 8.96. The van der Waals surface area contributed by atoms with Crippen LogP contribution in [0.4, 0.5) is 5.82 Å². The SMILES string of the molecule is Nc1cc(COc2cccnc2)sn1. The smallest absolute Gasteiger partial charge is 0.138 e. The van der Waals surface area contributed by atoms with Crippen LogP contribution in [0.3, 0.4) is 0 Å². The fourth-order valence-corrected chi connectivity index (χ4v) is 1.54. The Morgan fingerprint density at radius 2 is 2.43 bits per heavy atom. The van der Waals surface area contributed by atoms with E-state index < -0.39 is 0 Å². The summed E-state index contributed by atoms with van der Waals surface area (Å²) in [5.74, 6) is 1.29. The van der Waals surface area contributed by atoms with E-state index in [-0.39, 0.29) is 0 Å². The normalized spacial score (nSPS) is 10.0. The topological polar surface area (TPSA) is 61.0 Å². The van der Waals surface area contributed by atoms with Gasteiger partial charge in [-0.25, -0.2) is 0 Å². The van der Waals surface area contributed by atoms with Crippen LogP contribution in [-0.4, -0.2) is 9.36 Å². The van der Waals surface area contributed by atoms with Crippen LogP contribution in [0.1, 0.15) is 4.88 Å². The Morgan fingerprint density at radius 1 is 1.50 bits per heavy atom. The maximum Gasteiger partial charge on any atom is 0.138 e. The highest BCUT2D eigenvalue weighted by Gasteiger charge is 1.99. The Hall–Kier alpha value is -1.62. The third-order valence-electron chi connectivity index (χ3n) is 1.59. The summed E-state index contributed by atoms with van der Waals surface area (Å²) in [7, 11) is 0. The minimum absolute atomic E-state index is 0.487. The lowest BCUT2D eigenvalue weighted by Gasteiger charge is -2.01. The van der Waals surface area contributed by atoms with E-state index in [4.69, 9.17) is 10.5 Å². The summed E-state index contributed by atoms with van der Waals surface area (Å²) in [6, 6.07) is 5.49. The molecule has 2 heterocycles. The molecule has 0 bridgehead atoms. The van der Waals surface area contributed by atoms with Crippen molar-refractivity contribution in [1.82, 2.24) is 9.36 Å². The van der Waals surface area contributed by atoms with Crippen molar-refractivity contribution in [2.75, 3.05) is 5.73 Å². The number of nitrogen functional groups attached to an aromatic ring is 1. The summed E-state index contributed by atoms with van der Waals surface area (Å²) in [5, 5.41) is 0. The van der Waals surface area contributed by atoms with Crippen LogP contribution in [0, 0.1) is 0 Å². The maximum absolute atomic E-state index is 5.48. The van der Waals surface area contributed by atoms with Gasteiger partial charge >= 0.3 is 0 Å². The molecule has 2 aromatic rings. The Morgan fingerprint density at radius 3 is 3.07 bits per heavy atom. The van der Waals surface area contributed by atoms with Gasteiger partial charge in [-0.15, -0.1) is 0 Å². The predicted octanol–water partition coefficient (Wildman–Crippen LogP) is 1.70. The Labute approximate surface area is 85.5 Å². The number of nitrogens with zero attached hydrogens (tertiary/aromatic N) is 2. The molecule has 2 rings (SSSR count). The molecule has 0 atom stereocenters. The Kier molecular flexibility index (Phi) is 2.60. The fourth-order valence-electron chi connectivity index (χ4n) is 0.984. The summed E-state index contributed by atoms with van der Waals surface area (Å²) >= 11 is 1.35. The largest absolute Gasteiger partial charge is 0.486 e. The number of rotatable bonds is 3. The molecule has 0 saturated carbocycles. The summed E-state index contributed by atoms with van der Waals surface area (Å²) in [4.78, 5) is 4.95. The van der Waals surface area contributed by atoms with Gasteiger partial charge in [0.05, 0.1) is 11.1 Å². The van der Waals surface area contributed by atoms with Gasteiger partial charge in [0.15, 0.2) is 0 Å². The van der Waals surface area contributed by atoms with Crippen LogP contribution in [0.15, 0.2) is 30.6 Å². The standard InChI is InChI=1S/C9H9N3OS/c10-9-4-8(14-12-9)6-13-7-2-1-3-11-5-7/h1-5H,6H2,(H2,10,12). The van der Waals surface area contributed by atoms with E-state index in [0.29, 0.717) is 12.4 Å². The zero-order chi connectivity index (χ0) is 9.80. The molecule has 0 aliphatic rings. The van der Waals surface area contributed by atoms with E-state index >= 15 is 0 Å². The van der Waals surface area contributed by atoms with Gasteiger partial charge in [0.2, 0.25) is 0 Å². The van der Waals surface area contributed by atoms with E-state index in [1.807, 2.05) is 12.1 Å². The molecule has 5 heteroatoms. The number of ether oxygens (including phenoxy) is 1. The van der Waals surface area contributed by atoms with Gasteiger partial charge in [0.1, 0.15) is 18.2 Å². The van der Waals surface area contributed by atoms with Crippen LogP contribution >= 0.6 is 11.5 Å². The Balaban J connectivity index is 1.95. The molecule has 0 radical (unpaired) electrons. The highest BCUT2D eigenvalue weighted by Crippen LogP contribution is 2.15. The number of hydrogen-bond donors (Lipinski definition) is 1. The minimum atomic E-state index is 0.487. The quantitative estimate of drug-likeness (QED) is 0.832. The molecule has 0 saturated heterocycles. The third-order valence-corrected chi connectivity index (χ3v) is 2.36. The molecular formula is C9H9N3OS. The average molecular weight is 207 g/mol. The van der Waals surface area contributed by atoms with Crippen LogP contribution in [0.5, 0.6) is 5.75 Å². The van der Waals surface area contributed by atoms with Gasteiger partial charge < -0.3 is 10.5 Å². The van der Waals surface area contributed by atoms with Crippen LogP contribution in [0.25, 0.3) is 0 Å². The van der Waals surface area contributed by atoms with Crippen molar-refractivity contribution < 1.29 is 4.74 Å². The van der Waals surface area contributed by atoms with E-state index in [1.165, 1.54) is 11.5 Å². The summed E-state index contributed by atoms with van der Waals surface area (Å²) < 4.78 is 9.41. The first-order valence-corrected chi connectivity index (χ1v) is 4.86. The zero-order valence-corrected chi connectivity index (χ0v) is 8.20. The van der Waals surface area contributed by atoms with Crippen molar-refractivity contribution in [3.63, 3.8) is 0 Å². The molecular weight excluding hydrogens is 198 g/mol. The molecule has 4 nitrogen and oxygen atoms in total. The van der Waals surface area contributed by atoms with E-state index in [0.717, 1.165) is 10.6 Å². The summed E-state index contributed by atoms with van der Waals surface area (Å²) in [6.45, 7) is 0.487. The van der Waals surface area contributed by atoms with E-state index in [2.05, 4.69) is 9.36 Å². The predicted molar refractivity (Wildman–Crippen MR) is 55.1 cm³/mol. The second-order valence-corrected chi connectivity index (χ2v) is 3.59. The lowest BCUT2D eigenvalue weighted by Crippen LogP contribution is -1.92. The average Bonchev–Trinajstić information content (AvgIpc) is 2.63. The Bertz CT molecular complexity index is 401. The number of hydrogen-bond acceptors (Lipinski definition) is 5. The highest BCUT2D eigenvalue weighted by molar-refractivity contribution is 7.06. The summed E-state index contributed by atoms with van der Waals surface area (Å²) in [6.07, 6.45) is 3.38. The minimum Gasteiger partial charge on any atom is -0.486 e. The molecule has 0 unspecified atom stereocenters. The van der Waals surface area contributed by atoms with Gasteiger partial charge in [-0.2, -0.15) is 4.37 Å². The van der Waals surface area contributed by atoms with Crippen molar-refractivity contribution >= 4 is 17.4 Å². The van der Waals surface area contributed by atoms with E-state index in [1.54, 1.807) is 18.5 Å². The molecule has 0 amide bonds. The molecule has 0 aliphatic carbocycles. The zero-order valence-electron chi connectivity index (χ0n) is 7.38. The molecule has 0 spiro atoms. The first-order chi connectivity index (χ1) is 6.84. The van der Waals surface area contributed by atoms with Crippen LogP contribution in [-0.2, 0) is 6.61 Å². The molecule has 14 heavy (non-hydrogen) atoms. The van der Waals surface area contributed by atoms with Crippen molar-refractivity contribution in [3.05, 3.63) is 35.5 Å². The molecule has 0 fully saturated rings. The van der Waals surface area contributed by atoms with Crippen molar-refractivity contribution in [1.29, 1.82) is 0 Å². The van der Waals surface area contributed by atoms with Crippen molar-refractivity contribution in [2.24, 2.45) is 0 Å². The van der Waals surface area contributed by atoms with Crippen molar-refractivity contribution in [2.45, 2.75) is 6.61 Å². The van der Waals surface area contributed by atoms with Gasteiger partial charge in [0.25, 0.3) is 0 Å². The number of anilines is 1.